The van der Waals surface area contributed by atoms with Crippen LogP contribution in [0, 0.1) is 0 Å². The van der Waals surface area contributed by atoms with Crippen LogP contribution in [0.15, 0.2) is 30.5 Å². The zero-order valence-corrected chi connectivity index (χ0v) is 20.9. The number of nitrogens with zero attached hydrogens (tertiary/aromatic N) is 1. The number of rotatable bonds is 11. The number of hydrogen-bond donors (Lipinski definition) is 6. The summed E-state index contributed by atoms with van der Waals surface area (Å²) in [4.78, 5) is 66.9. The standard InChI is InChI=1S/C26H33N5O7/c32-22(33)10-9-19(29-23(34)18-7-3-11-27-18)25(36)31-12-4-8-21(31)24(35)30-20(26(37)38)13-15-14-28-17-6-2-1-5-16(15)17/h1-2,5-6,14,18-21,27-28H,3-4,7-13H2,(H,29,34)(H,30,35)(H,32,33)(H,37,38). The largest absolute Gasteiger partial charge is 0.481 e. The van der Waals surface area contributed by atoms with Crippen LogP contribution in [-0.4, -0.2) is 87.0 Å². The van der Waals surface area contributed by atoms with Crippen molar-refractivity contribution in [2.24, 2.45) is 0 Å². The van der Waals surface area contributed by atoms with Crippen molar-refractivity contribution in [2.45, 2.75) is 69.1 Å². The molecule has 0 aliphatic carbocycles. The molecular weight excluding hydrogens is 494 g/mol. The minimum Gasteiger partial charge on any atom is -0.481 e. The summed E-state index contributed by atoms with van der Waals surface area (Å²) in [5.74, 6) is -3.82. The quantitative estimate of drug-likeness (QED) is 0.242. The van der Waals surface area contributed by atoms with E-state index in [0.717, 1.165) is 22.9 Å². The normalized spacial score (nSPS) is 20.7. The van der Waals surface area contributed by atoms with Gasteiger partial charge in [0.15, 0.2) is 0 Å². The summed E-state index contributed by atoms with van der Waals surface area (Å²) in [6.45, 7) is 0.932. The van der Waals surface area contributed by atoms with E-state index in [4.69, 9.17) is 5.11 Å². The zero-order valence-electron chi connectivity index (χ0n) is 20.9. The summed E-state index contributed by atoms with van der Waals surface area (Å²) in [5, 5.41) is 28.1. The van der Waals surface area contributed by atoms with Crippen molar-refractivity contribution in [3.8, 4) is 0 Å². The lowest BCUT2D eigenvalue weighted by molar-refractivity contribution is -0.145. The number of benzene rings is 1. The Bertz CT molecular complexity index is 1210. The Morgan fingerprint density at radius 2 is 1.76 bits per heavy atom. The minimum atomic E-state index is -1.21. The van der Waals surface area contributed by atoms with Crippen molar-refractivity contribution in [3.05, 3.63) is 36.0 Å². The monoisotopic (exact) mass is 527 g/mol. The molecule has 1 aromatic carbocycles. The first-order valence-corrected chi connectivity index (χ1v) is 12.9. The van der Waals surface area contributed by atoms with Crippen LogP contribution < -0.4 is 16.0 Å². The highest BCUT2D eigenvalue weighted by atomic mass is 16.4. The van der Waals surface area contributed by atoms with Crippen molar-refractivity contribution in [2.75, 3.05) is 13.1 Å². The third-order valence-electron chi connectivity index (χ3n) is 7.19. The van der Waals surface area contributed by atoms with Crippen molar-refractivity contribution in [3.63, 3.8) is 0 Å². The molecule has 2 aromatic rings. The van der Waals surface area contributed by atoms with Crippen molar-refractivity contribution < 1.29 is 34.2 Å². The summed E-state index contributed by atoms with van der Waals surface area (Å²) in [5.41, 5.74) is 1.59. The highest BCUT2D eigenvalue weighted by molar-refractivity contribution is 5.95. The van der Waals surface area contributed by atoms with E-state index in [9.17, 15) is 29.1 Å². The van der Waals surface area contributed by atoms with Crippen molar-refractivity contribution >= 4 is 40.6 Å². The maximum absolute atomic E-state index is 13.4. The van der Waals surface area contributed by atoms with Gasteiger partial charge in [-0.15, -0.1) is 0 Å². The van der Waals surface area contributed by atoms with E-state index < -0.39 is 47.9 Å². The molecule has 2 aliphatic heterocycles. The Morgan fingerprint density at radius 1 is 1.00 bits per heavy atom. The molecule has 2 aliphatic rings. The van der Waals surface area contributed by atoms with Gasteiger partial charge in [-0.3, -0.25) is 19.2 Å². The van der Waals surface area contributed by atoms with Gasteiger partial charge in [-0.1, -0.05) is 18.2 Å². The highest BCUT2D eigenvalue weighted by Gasteiger charge is 2.39. The Balaban J connectivity index is 1.45. The smallest absolute Gasteiger partial charge is 0.326 e. The predicted molar refractivity (Wildman–Crippen MR) is 136 cm³/mol. The topological polar surface area (TPSA) is 181 Å². The fourth-order valence-corrected chi connectivity index (χ4v) is 5.20. The van der Waals surface area contributed by atoms with Crippen LogP contribution in [-0.2, 0) is 30.4 Å². The van der Waals surface area contributed by atoms with E-state index in [0.29, 0.717) is 25.8 Å². The number of aliphatic carboxylic acids is 2. The summed E-state index contributed by atoms with van der Waals surface area (Å²) < 4.78 is 0. The molecule has 0 radical (unpaired) electrons. The first-order chi connectivity index (χ1) is 18.2. The minimum absolute atomic E-state index is 0.0530. The van der Waals surface area contributed by atoms with Crippen LogP contribution in [0.5, 0.6) is 0 Å². The summed E-state index contributed by atoms with van der Waals surface area (Å²) in [6, 6.07) is 3.77. The molecule has 12 heteroatoms. The summed E-state index contributed by atoms with van der Waals surface area (Å²) >= 11 is 0. The number of likely N-dealkylation sites (tertiary alicyclic amines) is 1. The Labute approximate surface area is 219 Å². The number of aromatic amines is 1. The van der Waals surface area contributed by atoms with Gasteiger partial charge in [0.2, 0.25) is 17.7 Å². The molecule has 3 amide bonds. The molecule has 2 fully saturated rings. The van der Waals surface area contributed by atoms with Crippen molar-refractivity contribution in [1.29, 1.82) is 0 Å². The lowest BCUT2D eigenvalue weighted by Crippen LogP contribution is -2.57. The SMILES string of the molecule is O=C(O)CCC(NC(=O)C1CCCN1)C(=O)N1CCCC1C(=O)NC(Cc1c[nH]c2ccccc12)C(=O)O. The number of amides is 3. The number of nitrogens with one attached hydrogen (secondary N) is 4. The number of aromatic nitrogens is 1. The average molecular weight is 528 g/mol. The number of carbonyl (C=O) groups is 5. The van der Waals surface area contributed by atoms with Gasteiger partial charge >= 0.3 is 11.9 Å². The number of fused-ring (bicyclic) bond motifs is 1. The van der Waals surface area contributed by atoms with E-state index in [1.807, 2.05) is 24.3 Å². The molecule has 6 N–H and O–H groups in total. The molecule has 0 bridgehead atoms. The van der Waals surface area contributed by atoms with Crippen LogP contribution in [0.4, 0.5) is 0 Å². The van der Waals surface area contributed by atoms with Gasteiger partial charge in [-0.25, -0.2) is 4.79 Å². The molecule has 38 heavy (non-hydrogen) atoms. The van der Waals surface area contributed by atoms with E-state index in [-0.39, 0.29) is 31.7 Å². The van der Waals surface area contributed by atoms with Gasteiger partial charge in [-0.05, 0) is 50.3 Å². The van der Waals surface area contributed by atoms with Gasteiger partial charge in [0, 0.05) is 36.5 Å². The summed E-state index contributed by atoms with van der Waals surface area (Å²) in [6.07, 6.45) is 3.62. The molecule has 1 aromatic heterocycles. The van der Waals surface area contributed by atoms with Gasteiger partial charge in [-0.2, -0.15) is 0 Å². The molecule has 3 heterocycles. The van der Waals surface area contributed by atoms with Gasteiger partial charge in [0.1, 0.15) is 18.1 Å². The van der Waals surface area contributed by atoms with Crippen LogP contribution in [0.2, 0.25) is 0 Å². The van der Waals surface area contributed by atoms with Crippen molar-refractivity contribution in [1.82, 2.24) is 25.8 Å². The maximum atomic E-state index is 13.4. The highest BCUT2D eigenvalue weighted by Crippen LogP contribution is 2.22. The lowest BCUT2D eigenvalue weighted by atomic mass is 10.0. The number of H-pyrrole nitrogens is 1. The Hall–Kier alpha value is -3.93. The second-order valence-corrected chi connectivity index (χ2v) is 9.80. The number of hydrogen-bond acceptors (Lipinski definition) is 6. The lowest BCUT2D eigenvalue weighted by Gasteiger charge is -2.30. The fraction of sp³-hybridized carbons (Fsp3) is 0.500. The molecule has 4 atom stereocenters. The van der Waals surface area contributed by atoms with Gasteiger partial charge < -0.3 is 36.0 Å². The Kier molecular flexibility index (Phi) is 8.62. The number of carboxylic acids is 2. The third-order valence-corrected chi connectivity index (χ3v) is 7.19. The maximum Gasteiger partial charge on any atom is 0.326 e. The molecule has 4 rings (SSSR count). The Morgan fingerprint density at radius 3 is 2.47 bits per heavy atom. The van der Waals surface area contributed by atoms with Crippen LogP contribution in [0.25, 0.3) is 10.9 Å². The zero-order chi connectivity index (χ0) is 27.2. The third kappa shape index (κ3) is 6.31. The number of carboxylic acid groups (broad SMARTS) is 2. The molecule has 0 spiro atoms. The average Bonchev–Trinajstić information content (AvgIpc) is 3.66. The predicted octanol–water partition coefficient (Wildman–Crippen LogP) is 0.372. The second kappa shape index (κ2) is 12.1. The van der Waals surface area contributed by atoms with Crippen LogP contribution in [0.3, 0.4) is 0 Å². The molecule has 12 nitrogen and oxygen atoms in total. The van der Waals surface area contributed by atoms with Gasteiger partial charge in [0.05, 0.1) is 6.04 Å². The second-order valence-electron chi connectivity index (χ2n) is 9.80. The number of para-hydroxylation sites is 1. The first-order valence-electron chi connectivity index (χ1n) is 12.9. The van der Waals surface area contributed by atoms with E-state index in [1.54, 1.807) is 6.20 Å². The van der Waals surface area contributed by atoms with Crippen LogP contribution in [0.1, 0.15) is 44.1 Å². The fourth-order valence-electron chi connectivity index (χ4n) is 5.20. The molecule has 4 unspecified atom stereocenters. The van der Waals surface area contributed by atoms with E-state index in [2.05, 4.69) is 20.9 Å². The molecule has 204 valence electrons. The molecule has 2 saturated heterocycles. The van der Waals surface area contributed by atoms with Gasteiger partial charge in [0.25, 0.3) is 0 Å². The molecular formula is C26H33N5O7. The molecule has 0 saturated carbocycles. The van der Waals surface area contributed by atoms with E-state index >= 15 is 0 Å². The van der Waals surface area contributed by atoms with Crippen LogP contribution >= 0.6 is 0 Å². The van der Waals surface area contributed by atoms with E-state index in [1.165, 1.54) is 4.90 Å². The summed E-state index contributed by atoms with van der Waals surface area (Å²) in [7, 11) is 0. The first kappa shape index (κ1) is 27.1. The number of carbonyl (C=O) groups excluding carboxylic acids is 3.